The maximum atomic E-state index is 5.83. The number of morpholine rings is 1. The number of nitrogens with zero attached hydrogens (tertiary/aromatic N) is 1. The van der Waals surface area contributed by atoms with Gasteiger partial charge in [-0.3, -0.25) is 4.90 Å². The van der Waals surface area contributed by atoms with E-state index < -0.39 is 0 Å². The second-order valence-corrected chi connectivity index (χ2v) is 5.03. The topological polar surface area (TPSA) is 24.5 Å². The van der Waals surface area contributed by atoms with Crippen LogP contribution in [0.15, 0.2) is 0 Å². The molecule has 80 valence electrons. The molecule has 3 rings (SSSR count). The summed E-state index contributed by atoms with van der Waals surface area (Å²) >= 11 is 0. The lowest BCUT2D eigenvalue weighted by Crippen LogP contribution is -2.44. The lowest BCUT2D eigenvalue weighted by atomic mass is 10.1. The van der Waals surface area contributed by atoms with Crippen LogP contribution in [0.5, 0.6) is 0 Å². The van der Waals surface area contributed by atoms with Gasteiger partial charge < -0.3 is 10.1 Å². The Hall–Kier alpha value is -0.120. The van der Waals surface area contributed by atoms with E-state index in [1.165, 1.54) is 52.0 Å². The van der Waals surface area contributed by atoms with Crippen molar-refractivity contribution in [3.05, 3.63) is 0 Å². The van der Waals surface area contributed by atoms with Crippen molar-refractivity contribution in [2.24, 2.45) is 5.92 Å². The van der Waals surface area contributed by atoms with Crippen molar-refractivity contribution in [2.75, 3.05) is 32.7 Å². The predicted octanol–water partition coefficient (Wildman–Crippen LogP) is 0.459. The number of fused-ring (bicyclic) bond motifs is 2. The number of nitrogens with one attached hydrogen (secondary N) is 1. The van der Waals surface area contributed by atoms with Crippen molar-refractivity contribution in [3.8, 4) is 0 Å². The van der Waals surface area contributed by atoms with Crippen molar-refractivity contribution in [1.82, 2.24) is 10.2 Å². The molecule has 2 bridgehead atoms. The Labute approximate surface area is 85.8 Å². The highest BCUT2D eigenvalue weighted by atomic mass is 16.5. The zero-order valence-corrected chi connectivity index (χ0v) is 8.74. The van der Waals surface area contributed by atoms with E-state index in [0.717, 1.165) is 5.92 Å². The first-order valence-electron chi connectivity index (χ1n) is 5.98. The fraction of sp³-hybridized carbons (Fsp3) is 1.00. The van der Waals surface area contributed by atoms with E-state index >= 15 is 0 Å². The quantitative estimate of drug-likeness (QED) is 0.694. The first kappa shape index (κ1) is 9.13. The first-order valence-corrected chi connectivity index (χ1v) is 5.98. The summed E-state index contributed by atoms with van der Waals surface area (Å²) in [5, 5.41) is 3.44. The molecule has 3 atom stereocenters. The average molecular weight is 196 g/mol. The summed E-state index contributed by atoms with van der Waals surface area (Å²) in [5.41, 5.74) is 0. The molecular weight excluding hydrogens is 176 g/mol. The molecule has 0 spiro atoms. The molecule has 3 heteroatoms. The number of ether oxygens (including phenoxy) is 1. The zero-order chi connectivity index (χ0) is 9.38. The molecule has 3 saturated heterocycles. The third-order valence-corrected chi connectivity index (χ3v) is 3.80. The number of likely N-dealkylation sites (tertiary alicyclic amines) is 1. The Balaban J connectivity index is 1.53. The van der Waals surface area contributed by atoms with E-state index in [-0.39, 0.29) is 0 Å². The second kappa shape index (κ2) is 3.80. The van der Waals surface area contributed by atoms with Gasteiger partial charge in [0.15, 0.2) is 0 Å². The van der Waals surface area contributed by atoms with E-state index in [9.17, 15) is 0 Å². The van der Waals surface area contributed by atoms with Gasteiger partial charge in [0.2, 0.25) is 0 Å². The smallest absolute Gasteiger partial charge is 0.0707 e. The molecule has 3 aliphatic rings. The standard InChI is InChI=1S/C11H20N2O/c1-2-11-8-13(7-10(1)14-11)6-9-3-4-12-5-9/h9-12H,1-8H2/t9-,10?,11?/m0/s1. The van der Waals surface area contributed by atoms with Gasteiger partial charge in [0.05, 0.1) is 12.2 Å². The summed E-state index contributed by atoms with van der Waals surface area (Å²) in [4.78, 5) is 2.63. The van der Waals surface area contributed by atoms with E-state index in [0.29, 0.717) is 12.2 Å². The van der Waals surface area contributed by atoms with Gasteiger partial charge in [-0.05, 0) is 38.3 Å². The Morgan fingerprint density at radius 1 is 1.14 bits per heavy atom. The highest BCUT2D eigenvalue weighted by molar-refractivity contribution is 4.86. The van der Waals surface area contributed by atoms with Gasteiger partial charge in [-0.25, -0.2) is 0 Å². The fourth-order valence-corrected chi connectivity index (χ4v) is 3.08. The minimum atomic E-state index is 0.558. The normalized spacial score (nSPS) is 43.3. The number of hydrogen-bond donors (Lipinski definition) is 1. The minimum Gasteiger partial charge on any atom is -0.372 e. The molecule has 1 N–H and O–H groups in total. The van der Waals surface area contributed by atoms with E-state index in [4.69, 9.17) is 4.74 Å². The summed E-state index contributed by atoms with van der Waals surface area (Å²) in [6, 6.07) is 0. The van der Waals surface area contributed by atoms with Crippen LogP contribution in [-0.2, 0) is 4.74 Å². The summed E-state index contributed by atoms with van der Waals surface area (Å²) in [5.74, 6) is 0.896. The number of hydrogen-bond acceptors (Lipinski definition) is 3. The molecule has 0 aromatic rings. The van der Waals surface area contributed by atoms with Crippen LogP contribution < -0.4 is 5.32 Å². The molecule has 3 fully saturated rings. The third-order valence-electron chi connectivity index (χ3n) is 3.80. The van der Waals surface area contributed by atoms with Gasteiger partial charge >= 0.3 is 0 Å². The van der Waals surface area contributed by atoms with E-state index in [2.05, 4.69) is 10.2 Å². The Bertz CT molecular complexity index is 191. The first-order chi connectivity index (χ1) is 6.90. The van der Waals surface area contributed by atoms with Crippen molar-refractivity contribution in [3.63, 3.8) is 0 Å². The average Bonchev–Trinajstić information content (AvgIpc) is 2.77. The summed E-state index contributed by atoms with van der Waals surface area (Å²) in [6.45, 7) is 6.12. The lowest BCUT2D eigenvalue weighted by Gasteiger charge is -2.33. The van der Waals surface area contributed by atoms with Gasteiger partial charge in [0, 0.05) is 19.6 Å². The van der Waals surface area contributed by atoms with Crippen LogP contribution >= 0.6 is 0 Å². The zero-order valence-electron chi connectivity index (χ0n) is 8.74. The monoisotopic (exact) mass is 196 g/mol. The van der Waals surface area contributed by atoms with Crippen LogP contribution in [0.2, 0.25) is 0 Å². The molecular formula is C11H20N2O. The van der Waals surface area contributed by atoms with Gasteiger partial charge in [0.1, 0.15) is 0 Å². The van der Waals surface area contributed by atoms with Crippen LogP contribution in [0, 0.1) is 5.92 Å². The third kappa shape index (κ3) is 1.81. The summed E-state index contributed by atoms with van der Waals surface area (Å²) in [7, 11) is 0. The van der Waals surface area contributed by atoms with Crippen molar-refractivity contribution in [1.29, 1.82) is 0 Å². The Morgan fingerprint density at radius 3 is 2.57 bits per heavy atom. The molecule has 3 nitrogen and oxygen atoms in total. The molecule has 0 aromatic heterocycles. The van der Waals surface area contributed by atoms with Crippen molar-refractivity contribution < 1.29 is 4.74 Å². The van der Waals surface area contributed by atoms with Crippen molar-refractivity contribution >= 4 is 0 Å². The van der Waals surface area contributed by atoms with Crippen LogP contribution in [0.25, 0.3) is 0 Å². The molecule has 0 saturated carbocycles. The van der Waals surface area contributed by atoms with Gasteiger partial charge in [-0.15, -0.1) is 0 Å². The van der Waals surface area contributed by atoms with Crippen LogP contribution in [0.3, 0.4) is 0 Å². The van der Waals surface area contributed by atoms with Crippen LogP contribution in [0.1, 0.15) is 19.3 Å². The summed E-state index contributed by atoms with van der Waals surface area (Å²) < 4.78 is 5.83. The largest absolute Gasteiger partial charge is 0.372 e. The van der Waals surface area contributed by atoms with Crippen LogP contribution in [0.4, 0.5) is 0 Å². The minimum absolute atomic E-state index is 0.558. The maximum absolute atomic E-state index is 5.83. The van der Waals surface area contributed by atoms with Gasteiger partial charge in [0.25, 0.3) is 0 Å². The number of rotatable bonds is 2. The molecule has 2 unspecified atom stereocenters. The fourth-order valence-electron chi connectivity index (χ4n) is 3.08. The molecule has 3 heterocycles. The maximum Gasteiger partial charge on any atom is 0.0707 e. The van der Waals surface area contributed by atoms with Gasteiger partial charge in [-0.2, -0.15) is 0 Å². The highest BCUT2D eigenvalue weighted by Crippen LogP contribution is 2.27. The summed E-state index contributed by atoms with van der Waals surface area (Å²) in [6.07, 6.45) is 5.08. The molecule has 0 amide bonds. The molecule has 3 aliphatic heterocycles. The predicted molar refractivity (Wildman–Crippen MR) is 55.3 cm³/mol. The lowest BCUT2D eigenvalue weighted by molar-refractivity contribution is -0.0418. The van der Waals surface area contributed by atoms with Crippen LogP contribution in [-0.4, -0.2) is 49.8 Å². The molecule has 0 aliphatic carbocycles. The highest BCUT2D eigenvalue weighted by Gasteiger charge is 2.34. The van der Waals surface area contributed by atoms with E-state index in [1.807, 2.05) is 0 Å². The Morgan fingerprint density at radius 2 is 1.93 bits per heavy atom. The molecule has 0 radical (unpaired) electrons. The van der Waals surface area contributed by atoms with E-state index in [1.54, 1.807) is 0 Å². The Kier molecular flexibility index (Phi) is 2.48. The second-order valence-electron chi connectivity index (χ2n) is 5.03. The SMILES string of the molecule is C1C[C@H](CN2CC3CCC(C2)O3)CN1. The molecule has 14 heavy (non-hydrogen) atoms. The molecule has 0 aromatic carbocycles. The van der Waals surface area contributed by atoms with Gasteiger partial charge in [-0.1, -0.05) is 0 Å². The van der Waals surface area contributed by atoms with Crippen molar-refractivity contribution in [2.45, 2.75) is 31.5 Å².